The summed E-state index contributed by atoms with van der Waals surface area (Å²) >= 11 is 3.73. The van der Waals surface area contributed by atoms with Crippen molar-refractivity contribution < 1.29 is 19.1 Å². The quantitative estimate of drug-likeness (QED) is 0.254. The van der Waals surface area contributed by atoms with Gasteiger partial charge < -0.3 is 4.74 Å². The first kappa shape index (κ1) is 26.6. The molecule has 5 aliphatic carbocycles. The molecule has 4 fully saturated rings. The van der Waals surface area contributed by atoms with Crippen molar-refractivity contribution in [1.29, 1.82) is 0 Å². The van der Waals surface area contributed by atoms with Gasteiger partial charge in [0.15, 0.2) is 11.6 Å². The zero-order chi connectivity index (χ0) is 26.7. The van der Waals surface area contributed by atoms with Crippen molar-refractivity contribution >= 4 is 33.5 Å². The fraction of sp³-hybridized carbons (Fsp3) is 0.839. The van der Waals surface area contributed by atoms with Gasteiger partial charge in [0, 0.05) is 11.3 Å². The first-order chi connectivity index (χ1) is 16.5. The number of halogens is 1. The van der Waals surface area contributed by atoms with E-state index in [2.05, 4.69) is 64.4 Å². The molecule has 0 spiro atoms. The van der Waals surface area contributed by atoms with Gasteiger partial charge in [-0.15, -0.1) is 0 Å². The van der Waals surface area contributed by atoms with E-state index in [0.717, 1.165) is 51.4 Å². The van der Waals surface area contributed by atoms with Crippen LogP contribution in [0.1, 0.15) is 99.8 Å². The molecule has 9 atom stereocenters. The molecule has 0 amide bonds. The number of rotatable bonds is 1. The summed E-state index contributed by atoms with van der Waals surface area (Å²) in [6, 6.07) is 0. The van der Waals surface area contributed by atoms with Gasteiger partial charge in [0.2, 0.25) is 0 Å². The minimum absolute atomic E-state index is 0.0918. The van der Waals surface area contributed by atoms with Crippen molar-refractivity contribution in [2.45, 2.75) is 105 Å². The molecular weight excluding hydrogens is 516 g/mol. The summed E-state index contributed by atoms with van der Waals surface area (Å²) in [6.45, 7) is 15.8. The first-order valence-electron chi connectivity index (χ1n) is 14.0. The number of allylic oxidation sites excluding steroid dienone is 2. The van der Waals surface area contributed by atoms with Gasteiger partial charge in [0.1, 0.15) is 0 Å². The summed E-state index contributed by atoms with van der Waals surface area (Å²) in [4.78, 5) is 40.2. The summed E-state index contributed by atoms with van der Waals surface area (Å²) < 4.78 is 5.25. The number of methoxy groups -OCH3 is 1. The van der Waals surface area contributed by atoms with Crippen LogP contribution in [0.4, 0.5) is 0 Å². The molecule has 4 unspecified atom stereocenters. The molecule has 0 aliphatic heterocycles. The minimum atomic E-state index is -0.501. The molecule has 4 nitrogen and oxygen atoms in total. The molecule has 0 saturated heterocycles. The van der Waals surface area contributed by atoms with Gasteiger partial charge in [-0.1, -0.05) is 63.0 Å². The monoisotopic (exact) mass is 560 g/mol. The van der Waals surface area contributed by atoms with Crippen LogP contribution in [-0.2, 0) is 19.1 Å². The van der Waals surface area contributed by atoms with E-state index in [-0.39, 0.29) is 61.8 Å². The largest absolute Gasteiger partial charge is 0.469 e. The van der Waals surface area contributed by atoms with E-state index in [9.17, 15) is 14.4 Å². The lowest BCUT2D eigenvalue weighted by molar-refractivity contribution is -0.187. The number of carbonyl (C=O) groups excluding carboxylic acids is 3. The van der Waals surface area contributed by atoms with Crippen molar-refractivity contribution in [2.24, 2.45) is 50.2 Å². The maximum Gasteiger partial charge on any atom is 0.311 e. The maximum atomic E-state index is 14.4. The SMILES string of the molecule is COC(=O)[C@]1(C)CC[C@@]2(C)CC[C@@]3(C)C(=CC(=O)C4[C@]5(C)CC(Br)C(=O)C(C)(C)C5CC[C@@]43C)C2C1. The van der Waals surface area contributed by atoms with Crippen LogP contribution in [0, 0.1) is 50.2 Å². The van der Waals surface area contributed by atoms with E-state index < -0.39 is 10.8 Å². The second-order valence-electron chi connectivity index (χ2n) is 15.0. The Bertz CT molecular complexity index is 1060. The Balaban J connectivity index is 1.63. The molecule has 0 bridgehead atoms. The van der Waals surface area contributed by atoms with E-state index in [1.165, 1.54) is 12.7 Å². The molecule has 200 valence electrons. The summed E-state index contributed by atoms with van der Waals surface area (Å²) in [5.41, 5.74) is -0.00477. The number of hydrogen-bond donors (Lipinski definition) is 0. The zero-order valence-electron chi connectivity index (χ0n) is 23.6. The van der Waals surface area contributed by atoms with Gasteiger partial charge in [0.25, 0.3) is 0 Å². The molecular formula is C31H45BrO4. The lowest BCUT2D eigenvalue weighted by Gasteiger charge is -2.70. The molecule has 5 aliphatic rings. The Morgan fingerprint density at radius 2 is 1.58 bits per heavy atom. The molecule has 0 aromatic rings. The summed E-state index contributed by atoms with van der Waals surface area (Å²) in [6.07, 6.45) is 9.54. The van der Waals surface area contributed by atoms with Crippen molar-refractivity contribution in [3.05, 3.63) is 11.6 Å². The molecule has 0 N–H and O–H groups in total. The molecule has 5 rings (SSSR count). The van der Waals surface area contributed by atoms with E-state index in [4.69, 9.17) is 4.74 Å². The minimum Gasteiger partial charge on any atom is -0.469 e. The number of ether oxygens (including phenoxy) is 1. The van der Waals surface area contributed by atoms with Crippen LogP contribution in [-0.4, -0.2) is 29.5 Å². The van der Waals surface area contributed by atoms with Crippen molar-refractivity contribution in [3.63, 3.8) is 0 Å². The number of Topliss-reactive ketones (excluding diaryl/α,β-unsaturated/α-hetero) is 1. The van der Waals surface area contributed by atoms with Crippen LogP contribution >= 0.6 is 15.9 Å². The third-order valence-electron chi connectivity index (χ3n) is 12.9. The van der Waals surface area contributed by atoms with Gasteiger partial charge in [-0.05, 0) is 97.9 Å². The third kappa shape index (κ3) is 3.13. The topological polar surface area (TPSA) is 60.4 Å². The fourth-order valence-electron chi connectivity index (χ4n) is 10.5. The summed E-state index contributed by atoms with van der Waals surface area (Å²) in [5, 5.41) is 0. The Morgan fingerprint density at radius 1 is 0.944 bits per heavy atom. The molecule has 0 aromatic heterocycles. The summed E-state index contributed by atoms with van der Waals surface area (Å²) in [7, 11) is 1.49. The second-order valence-corrected chi connectivity index (χ2v) is 16.1. The number of carbonyl (C=O) groups is 3. The number of fused-ring (bicyclic) bond motifs is 7. The van der Waals surface area contributed by atoms with Crippen LogP contribution in [0.5, 0.6) is 0 Å². The van der Waals surface area contributed by atoms with Crippen LogP contribution in [0.25, 0.3) is 0 Å². The van der Waals surface area contributed by atoms with Gasteiger partial charge in [-0.25, -0.2) is 0 Å². The highest BCUT2D eigenvalue weighted by Gasteiger charge is 2.71. The smallest absolute Gasteiger partial charge is 0.311 e. The van der Waals surface area contributed by atoms with Gasteiger partial charge in [-0.3, -0.25) is 14.4 Å². The Labute approximate surface area is 225 Å². The molecule has 0 radical (unpaired) electrons. The molecule has 0 heterocycles. The van der Waals surface area contributed by atoms with Crippen LogP contribution < -0.4 is 0 Å². The lowest BCUT2D eigenvalue weighted by Crippen LogP contribution is -2.67. The van der Waals surface area contributed by atoms with Gasteiger partial charge >= 0.3 is 5.97 Å². The Hall–Kier alpha value is -0.970. The van der Waals surface area contributed by atoms with Crippen LogP contribution in [0.15, 0.2) is 11.6 Å². The van der Waals surface area contributed by atoms with E-state index in [0.29, 0.717) is 0 Å². The fourth-order valence-corrected chi connectivity index (χ4v) is 11.8. The van der Waals surface area contributed by atoms with Crippen molar-refractivity contribution in [1.82, 2.24) is 0 Å². The third-order valence-corrected chi connectivity index (χ3v) is 13.7. The summed E-state index contributed by atoms with van der Waals surface area (Å²) in [5.74, 6) is 0.764. The predicted molar refractivity (Wildman–Crippen MR) is 145 cm³/mol. The Kier molecular flexibility index (Phi) is 5.76. The molecule has 4 saturated carbocycles. The maximum absolute atomic E-state index is 14.4. The number of hydrogen-bond acceptors (Lipinski definition) is 4. The number of esters is 1. The predicted octanol–water partition coefficient (Wildman–Crippen LogP) is 7.08. The van der Waals surface area contributed by atoms with Crippen LogP contribution in [0.2, 0.25) is 0 Å². The highest BCUT2D eigenvalue weighted by atomic mass is 79.9. The zero-order valence-corrected chi connectivity index (χ0v) is 25.1. The molecule has 36 heavy (non-hydrogen) atoms. The highest BCUT2D eigenvalue weighted by Crippen LogP contribution is 2.75. The number of ketones is 2. The van der Waals surface area contributed by atoms with Crippen molar-refractivity contribution in [2.75, 3.05) is 7.11 Å². The standard InChI is InChI=1S/C31H45BrO4/c1-26(2)22-9-10-31(7)23(29(22,5)17-20(32)24(26)34)21(33)15-18-19-16-28(4,25(35)36-8)12-11-27(19,3)13-14-30(18,31)6/h15,19-20,22-23H,9-14,16-17H2,1-8H3/t19?,20?,22?,23?,27-,28+,29+,30-,31-/m0/s1. The molecule has 0 aromatic carbocycles. The number of alkyl halides is 1. The average Bonchev–Trinajstić information content (AvgIpc) is 2.79. The second kappa shape index (κ2) is 7.79. The lowest BCUT2D eigenvalue weighted by atomic mass is 9.33. The van der Waals surface area contributed by atoms with Crippen LogP contribution in [0.3, 0.4) is 0 Å². The van der Waals surface area contributed by atoms with E-state index in [1.54, 1.807) is 0 Å². The van der Waals surface area contributed by atoms with E-state index >= 15 is 0 Å². The first-order valence-corrected chi connectivity index (χ1v) is 14.9. The van der Waals surface area contributed by atoms with Gasteiger partial charge in [0.05, 0.1) is 17.4 Å². The molecule has 5 heteroatoms. The van der Waals surface area contributed by atoms with Gasteiger partial charge in [-0.2, -0.15) is 0 Å². The Morgan fingerprint density at radius 3 is 2.22 bits per heavy atom. The average molecular weight is 562 g/mol. The van der Waals surface area contributed by atoms with Crippen molar-refractivity contribution in [3.8, 4) is 0 Å². The normalized spacial score (nSPS) is 51.8. The highest BCUT2D eigenvalue weighted by molar-refractivity contribution is 9.10. The van der Waals surface area contributed by atoms with E-state index in [1.807, 2.05) is 6.08 Å².